The molecule has 65 heavy (non-hydrogen) atoms. The second-order valence-corrected chi connectivity index (χ2v) is 16.8. The molecule has 0 aliphatic carbocycles. The van der Waals surface area contributed by atoms with Crippen LogP contribution in [0.2, 0.25) is 0 Å². The van der Waals surface area contributed by atoms with Crippen molar-refractivity contribution in [3.05, 3.63) is 237 Å². The minimum atomic E-state index is 0.857. The van der Waals surface area contributed by atoms with Gasteiger partial charge in [-0.1, -0.05) is 176 Å². The molecule has 0 radical (unpaired) electrons. The zero-order valence-corrected chi connectivity index (χ0v) is 35.3. The topological polar surface area (TPSA) is 29.5 Å². The number of furan rings is 2. The molecule has 13 rings (SSSR count). The maximum absolute atomic E-state index is 6.91. The van der Waals surface area contributed by atoms with Crippen molar-refractivity contribution in [3.63, 3.8) is 0 Å². The fraction of sp³-hybridized carbons (Fsp3) is 0. The molecule has 2 heterocycles. The number of fused-ring (bicyclic) bond motifs is 8. The van der Waals surface area contributed by atoms with E-state index in [4.69, 9.17) is 8.83 Å². The Balaban J connectivity index is 0.988. The Hall–Kier alpha value is -8.66. The first-order valence-corrected chi connectivity index (χ1v) is 22.2. The Morgan fingerprint density at radius 1 is 0.277 bits per heavy atom. The van der Waals surface area contributed by atoms with Crippen molar-refractivity contribution < 1.29 is 8.83 Å². The second-order valence-electron chi connectivity index (χ2n) is 16.8. The Morgan fingerprint density at radius 2 is 0.815 bits per heavy atom. The molecule has 304 valence electrons. The number of para-hydroxylation sites is 2. The number of hydrogen-bond acceptors (Lipinski definition) is 3. The van der Waals surface area contributed by atoms with Gasteiger partial charge in [-0.25, -0.2) is 0 Å². The van der Waals surface area contributed by atoms with Crippen molar-refractivity contribution in [2.45, 2.75) is 0 Å². The largest absolute Gasteiger partial charge is 0.456 e. The van der Waals surface area contributed by atoms with E-state index in [0.29, 0.717) is 0 Å². The van der Waals surface area contributed by atoms with Crippen LogP contribution in [-0.2, 0) is 0 Å². The molecule has 0 atom stereocenters. The summed E-state index contributed by atoms with van der Waals surface area (Å²) in [5.74, 6) is 0. The normalized spacial score (nSPS) is 11.7. The van der Waals surface area contributed by atoms with E-state index < -0.39 is 0 Å². The molecule has 0 amide bonds. The van der Waals surface area contributed by atoms with E-state index in [1.807, 2.05) is 12.1 Å². The first-order chi connectivity index (χ1) is 32.2. The minimum absolute atomic E-state index is 0.857. The standard InChI is InChI=1S/C62H39NO2/c1-2-15-44-39-45(28-27-40(44)13-1)41-29-33-46(34-30-41)63(56-38-37-53(51-22-11-16-42-14-3-4-17-48(42)51)62-61(56)55-21-8-10-25-58(55)65-62)47-35-31-43(32-36-47)49-18-5-6-19-50(49)52-23-12-26-59-60(52)54-20-7-9-24-57(54)64-59/h1-39H. The summed E-state index contributed by atoms with van der Waals surface area (Å²) >= 11 is 0. The van der Waals surface area contributed by atoms with Gasteiger partial charge in [-0.15, -0.1) is 0 Å². The van der Waals surface area contributed by atoms with Crippen LogP contribution in [0.25, 0.3) is 110 Å². The molecule has 3 heteroatoms. The van der Waals surface area contributed by atoms with Gasteiger partial charge in [-0.05, 0) is 121 Å². The third-order valence-corrected chi connectivity index (χ3v) is 13.1. The quantitative estimate of drug-likeness (QED) is 0.160. The number of hydrogen-bond donors (Lipinski definition) is 0. The van der Waals surface area contributed by atoms with Gasteiger partial charge in [0.15, 0.2) is 0 Å². The molecule has 2 aromatic heterocycles. The molecule has 0 saturated carbocycles. The summed E-state index contributed by atoms with van der Waals surface area (Å²) in [6, 6.07) is 84.7. The number of benzene rings is 11. The molecule has 0 fully saturated rings. The minimum Gasteiger partial charge on any atom is -0.456 e. The summed E-state index contributed by atoms with van der Waals surface area (Å²) in [5.41, 5.74) is 15.8. The third kappa shape index (κ3) is 6.12. The van der Waals surface area contributed by atoms with Crippen molar-refractivity contribution in [1.29, 1.82) is 0 Å². The van der Waals surface area contributed by atoms with Gasteiger partial charge in [0.2, 0.25) is 0 Å². The molecule has 0 spiro atoms. The number of anilines is 3. The highest BCUT2D eigenvalue weighted by Crippen LogP contribution is 2.48. The van der Waals surface area contributed by atoms with E-state index in [2.05, 4.69) is 229 Å². The SMILES string of the molecule is c1ccc(-c2cccc3oc4ccccc4c23)c(-c2ccc(N(c3ccc(-c4ccc5ccccc5c4)cc3)c3ccc(-c4cccc5ccccc45)c4oc5ccccc5c34)cc2)c1. The monoisotopic (exact) mass is 829 g/mol. The highest BCUT2D eigenvalue weighted by atomic mass is 16.3. The number of rotatable bonds is 7. The van der Waals surface area contributed by atoms with Gasteiger partial charge in [0.25, 0.3) is 0 Å². The van der Waals surface area contributed by atoms with E-state index in [-0.39, 0.29) is 0 Å². The molecular formula is C62H39NO2. The van der Waals surface area contributed by atoms with Crippen LogP contribution in [0.4, 0.5) is 17.1 Å². The molecule has 0 aliphatic heterocycles. The molecule has 0 bridgehead atoms. The van der Waals surface area contributed by atoms with E-state index in [1.54, 1.807) is 0 Å². The predicted octanol–water partition coefficient (Wildman–Crippen LogP) is 17.9. The van der Waals surface area contributed by atoms with E-state index in [1.165, 1.54) is 27.1 Å². The van der Waals surface area contributed by atoms with Gasteiger partial charge in [0.05, 0.1) is 11.1 Å². The highest BCUT2D eigenvalue weighted by molar-refractivity contribution is 6.19. The predicted molar refractivity (Wildman–Crippen MR) is 272 cm³/mol. The van der Waals surface area contributed by atoms with Gasteiger partial charge < -0.3 is 13.7 Å². The molecule has 13 aromatic rings. The second kappa shape index (κ2) is 15.0. The summed E-state index contributed by atoms with van der Waals surface area (Å²) in [6.45, 7) is 0. The van der Waals surface area contributed by atoms with Crippen LogP contribution in [0.1, 0.15) is 0 Å². The first-order valence-electron chi connectivity index (χ1n) is 22.2. The van der Waals surface area contributed by atoms with Gasteiger partial charge in [-0.3, -0.25) is 0 Å². The molecule has 11 aromatic carbocycles. The smallest absolute Gasteiger partial charge is 0.145 e. The van der Waals surface area contributed by atoms with Gasteiger partial charge in [-0.2, -0.15) is 0 Å². The average Bonchev–Trinajstić information content (AvgIpc) is 3.96. The van der Waals surface area contributed by atoms with Crippen molar-refractivity contribution in [2.75, 3.05) is 4.90 Å². The molecule has 0 aliphatic rings. The van der Waals surface area contributed by atoms with Crippen molar-refractivity contribution in [1.82, 2.24) is 0 Å². The lowest BCUT2D eigenvalue weighted by molar-refractivity contribution is 0.669. The van der Waals surface area contributed by atoms with Crippen LogP contribution < -0.4 is 4.90 Å². The maximum atomic E-state index is 6.91. The lowest BCUT2D eigenvalue weighted by Crippen LogP contribution is -2.10. The zero-order chi connectivity index (χ0) is 42.8. The van der Waals surface area contributed by atoms with Crippen LogP contribution in [0.15, 0.2) is 245 Å². The lowest BCUT2D eigenvalue weighted by Gasteiger charge is -2.27. The van der Waals surface area contributed by atoms with Crippen LogP contribution in [0.5, 0.6) is 0 Å². The maximum Gasteiger partial charge on any atom is 0.145 e. The average molecular weight is 830 g/mol. The zero-order valence-electron chi connectivity index (χ0n) is 35.3. The van der Waals surface area contributed by atoms with Crippen LogP contribution in [0.3, 0.4) is 0 Å². The van der Waals surface area contributed by atoms with E-state index in [0.717, 1.165) is 99.9 Å². The van der Waals surface area contributed by atoms with Crippen molar-refractivity contribution >= 4 is 82.5 Å². The van der Waals surface area contributed by atoms with Crippen molar-refractivity contribution in [2.24, 2.45) is 0 Å². The number of nitrogens with zero attached hydrogens (tertiary/aromatic N) is 1. The third-order valence-electron chi connectivity index (χ3n) is 13.1. The summed E-state index contributed by atoms with van der Waals surface area (Å²) in [5, 5.41) is 9.25. The summed E-state index contributed by atoms with van der Waals surface area (Å²) in [7, 11) is 0. The summed E-state index contributed by atoms with van der Waals surface area (Å²) in [6.07, 6.45) is 0. The summed E-state index contributed by atoms with van der Waals surface area (Å²) < 4.78 is 13.2. The summed E-state index contributed by atoms with van der Waals surface area (Å²) in [4.78, 5) is 2.38. The molecule has 0 N–H and O–H groups in total. The molecular weight excluding hydrogens is 791 g/mol. The van der Waals surface area contributed by atoms with Crippen LogP contribution >= 0.6 is 0 Å². The van der Waals surface area contributed by atoms with E-state index >= 15 is 0 Å². The van der Waals surface area contributed by atoms with Gasteiger partial charge in [0, 0.05) is 33.1 Å². The van der Waals surface area contributed by atoms with Gasteiger partial charge in [0.1, 0.15) is 22.3 Å². The fourth-order valence-corrected chi connectivity index (χ4v) is 10.0. The Bertz CT molecular complexity index is 3940. The van der Waals surface area contributed by atoms with Crippen molar-refractivity contribution in [3.8, 4) is 44.5 Å². The van der Waals surface area contributed by atoms with Crippen LogP contribution in [0, 0.1) is 0 Å². The van der Waals surface area contributed by atoms with Gasteiger partial charge >= 0.3 is 0 Å². The fourth-order valence-electron chi connectivity index (χ4n) is 10.0. The Morgan fingerprint density at radius 3 is 1.60 bits per heavy atom. The lowest BCUT2D eigenvalue weighted by atomic mass is 9.92. The van der Waals surface area contributed by atoms with E-state index in [9.17, 15) is 0 Å². The molecule has 0 saturated heterocycles. The Labute approximate surface area is 375 Å². The Kier molecular flexibility index (Phi) is 8.53. The molecule has 0 unspecified atom stereocenters. The highest BCUT2D eigenvalue weighted by Gasteiger charge is 2.23. The molecule has 3 nitrogen and oxygen atoms in total. The van der Waals surface area contributed by atoms with Crippen LogP contribution in [-0.4, -0.2) is 0 Å². The first kappa shape index (κ1) is 36.9.